The summed E-state index contributed by atoms with van der Waals surface area (Å²) < 4.78 is 0. The summed E-state index contributed by atoms with van der Waals surface area (Å²) in [5.41, 5.74) is 8.63. The lowest BCUT2D eigenvalue weighted by Crippen LogP contribution is -2.32. The Bertz CT molecular complexity index is 758. The molecule has 1 aliphatic rings. The van der Waals surface area contributed by atoms with Crippen molar-refractivity contribution in [1.29, 1.82) is 0 Å². The molecule has 0 atom stereocenters. The molecule has 0 aliphatic carbocycles. The molecule has 0 fully saturated rings. The highest BCUT2D eigenvalue weighted by Crippen LogP contribution is 2.30. The maximum atomic E-state index is 11.6. The van der Waals surface area contributed by atoms with E-state index in [4.69, 9.17) is 5.73 Å². The third-order valence-corrected chi connectivity index (χ3v) is 3.93. The van der Waals surface area contributed by atoms with E-state index in [1.165, 1.54) is 23.8 Å². The quantitative estimate of drug-likeness (QED) is 0.695. The van der Waals surface area contributed by atoms with Gasteiger partial charge in [-0.15, -0.1) is 0 Å². The highest BCUT2D eigenvalue weighted by Gasteiger charge is 2.22. The van der Waals surface area contributed by atoms with Crippen LogP contribution in [0.15, 0.2) is 42.5 Å². The fourth-order valence-electron chi connectivity index (χ4n) is 2.80. The average Bonchev–Trinajstić information content (AvgIpc) is 2.53. The Balaban J connectivity index is 2.02. The number of rotatable bonds is 3. The monoisotopic (exact) mass is 297 g/mol. The minimum Gasteiger partial charge on any atom is -0.366 e. The Morgan fingerprint density at radius 3 is 2.59 bits per heavy atom. The van der Waals surface area contributed by atoms with Crippen LogP contribution in [0.1, 0.15) is 21.5 Å². The number of hydrogen-bond acceptors (Lipinski definition) is 4. The Kier molecular flexibility index (Phi) is 3.50. The molecule has 3 rings (SSSR count). The van der Waals surface area contributed by atoms with Crippen molar-refractivity contribution in [2.24, 2.45) is 5.73 Å². The molecule has 0 aromatic heterocycles. The fourth-order valence-corrected chi connectivity index (χ4v) is 2.80. The molecular formula is C16H15N3O3. The fraction of sp³-hybridized carbons (Fsp3) is 0.188. The summed E-state index contributed by atoms with van der Waals surface area (Å²) in [5, 5.41) is 11.0. The number of nitrogens with two attached hydrogens (primary N) is 1. The maximum absolute atomic E-state index is 11.6. The van der Waals surface area contributed by atoms with Gasteiger partial charge in [-0.25, -0.2) is 0 Å². The van der Waals surface area contributed by atoms with Gasteiger partial charge in [0.25, 0.3) is 11.6 Å². The number of amides is 1. The van der Waals surface area contributed by atoms with E-state index in [2.05, 4.69) is 6.07 Å². The maximum Gasteiger partial charge on any atom is 0.271 e. The molecule has 0 saturated heterocycles. The van der Waals surface area contributed by atoms with Crippen LogP contribution in [-0.2, 0) is 13.0 Å². The standard InChI is InChI=1S/C16H15N3O3/c17-16(20)14-6-5-13(19(21)22)9-15(14)18-8-7-11-3-1-2-4-12(11)10-18/h1-6,9H,7-8,10H2,(H2,17,20). The van der Waals surface area contributed by atoms with Crippen molar-refractivity contribution in [3.8, 4) is 0 Å². The number of hydrogen-bond donors (Lipinski definition) is 1. The van der Waals surface area contributed by atoms with Crippen LogP contribution in [0, 0.1) is 10.1 Å². The molecule has 1 aliphatic heterocycles. The van der Waals surface area contributed by atoms with Gasteiger partial charge in [0.2, 0.25) is 0 Å². The van der Waals surface area contributed by atoms with Gasteiger partial charge >= 0.3 is 0 Å². The molecule has 1 amide bonds. The summed E-state index contributed by atoms with van der Waals surface area (Å²) in [6.45, 7) is 1.30. The minimum absolute atomic E-state index is 0.0427. The van der Waals surface area contributed by atoms with Gasteiger partial charge in [-0.2, -0.15) is 0 Å². The van der Waals surface area contributed by atoms with E-state index in [9.17, 15) is 14.9 Å². The van der Waals surface area contributed by atoms with Crippen molar-refractivity contribution >= 4 is 17.3 Å². The molecule has 1 heterocycles. The van der Waals surface area contributed by atoms with E-state index in [-0.39, 0.29) is 5.69 Å². The highest BCUT2D eigenvalue weighted by atomic mass is 16.6. The van der Waals surface area contributed by atoms with Gasteiger partial charge in [-0.05, 0) is 23.6 Å². The zero-order valence-corrected chi connectivity index (χ0v) is 11.9. The number of carbonyl (C=O) groups excluding carboxylic acids is 1. The summed E-state index contributed by atoms with van der Waals surface area (Å²) in [6, 6.07) is 12.2. The summed E-state index contributed by atoms with van der Waals surface area (Å²) in [4.78, 5) is 24.1. The third kappa shape index (κ3) is 2.50. The van der Waals surface area contributed by atoms with E-state index < -0.39 is 10.8 Å². The van der Waals surface area contributed by atoms with Crippen LogP contribution in [-0.4, -0.2) is 17.4 Å². The number of primary amides is 1. The first-order valence-electron chi connectivity index (χ1n) is 6.96. The number of anilines is 1. The number of fused-ring (bicyclic) bond motifs is 1. The smallest absolute Gasteiger partial charge is 0.271 e. The topological polar surface area (TPSA) is 89.5 Å². The molecule has 22 heavy (non-hydrogen) atoms. The van der Waals surface area contributed by atoms with Gasteiger partial charge < -0.3 is 10.6 Å². The number of nitro benzene ring substituents is 1. The lowest BCUT2D eigenvalue weighted by Gasteiger charge is -2.31. The largest absolute Gasteiger partial charge is 0.366 e. The van der Waals surface area contributed by atoms with E-state index in [1.807, 2.05) is 23.1 Å². The number of nitrogens with zero attached hydrogens (tertiary/aromatic N) is 2. The molecule has 0 saturated carbocycles. The second kappa shape index (κ2) is 5.48. The predicted octanol–water partition coefficient (Wildman–Crippen LogP) is 2.26. The van der Waals surface area contributed by atoms with Crippen LogP contribution in [0.3, 0.4) is 0 Å². The molecule has 0 radical (unpaired) electrons. The third-order valence-electron chi connectivity index (χ3n) is 3.93. The lowest BCUT2D eigenvalue weighted by atomic mass is 9.98. The first-order valence-corrected chi connectivity index (χ1v) is 6.96. The van der Waals surface area contributed by atoms with Gasteiger partial charge in [-0.1, -0.05) is 24.3 Å². The van der Waals surface area contributed by atoms with E-state index >= 15 is 0 Å². The second-order valence-electron chi connectivity index (χ2n) is 5.26. The van der Waals surface area contributed by atoms with Gasteiger partial charge in [0.15, 0.2) is 0 Å². The Morgan fingerprint density at radius 2 is 1.91 bits per heavy atom. The second-order valence-corrected chi connectivity index (χ2v) is 5.26. The molecule has 2 aromatic rings. The summed E-state index contributed by atoms with van der Waals surface area (Å²) >= 11 is 0. The predicted molar refractivity (Wildman–Crippen MR) is 82.8 cm³/mol. The Hall–Kier alpha value is -2.89. The molecule has 6 heteroatoms. The van der Waals surface area contributed by atoms with Gasteiger partial charge in [0.05, 0.1) is 16.2 Å². The van der Waals surface area contributed by atoms with Crippen molar-refractivity contribution in [3.05, 3.63) is 69.3 Å². The molecule has 0 spiro atoms. The van der Waals surface area contributed by atoms with Crippen LogP contribution in [0.4, 0.5) is 11.4 Å². The zero-order chi connectivity index (χ0) is 15.7. The van der Waals surface area contributed by atoms with Crippen molar-refractivity contribution in [2.75, 3.05) is 11.4 Å². The van der Waals surface area contributed by atoms with E-state index in [1.54, 1.807) is 0 Å². The van der Waals surface area contributed by atoms with E-state index in [0.717, 1.165) is 12.0 Å². The van der Waals surface area contributed by atoms with Crippen LogP contribution in [0.25, 0.3) is 0 Å². The average molecular weight is 297 g/mol. The highest BCUT2D eigenvalue weighted by molar-refractivity contribution is 5.99. The first-order chi connectivity index (χ1) is 10.6. The number of non-ortho nitro benzene ring substituents is 1. The summed E-state index contributed by atoms with van der Waals surface area (Å²) in [7, 11) is 0. The van der Waals surface area contributed by atoms with Crippen molar-refractivity contribution in [2.45, 2.75) is 13.0 Å². The number of benzene rings is 2. The molecular weight excluding hydrogens is 282 g/mol. The van der Waals surface area contributed by atoms with Crippen LogP contribution >= 0.6 is 0 Å². The van der Waals surface area contributed by atoms with Crippen LogP contribution < -0.4 is 10.6 Å². The van der Waals surface area contributed by atoms with Crippen molar-refractivity contribution in [1.82, 2.24) is 0 Å². The zero-order valence-electron chi connectivity index (χ0n) is 11.9. The SMILES string of the molecule is NC(=O)c1ccc([N+](=O)[O-])cc1N1CCc2ccccc2C1. The van der Waals surface area contributed by atoms with E-state index in [0.29, 0.717) is 24.3 Å². The number of carbonyl (C=O) groups is 1. The molecule has 2 aromatic carbocycles. The van der Waals surface area contributed by atoms with Gasteiger partial charge in [0, 0.05) is 25.2 Å². The Labute approximate surface area is 127 Å². The lowest BCUT2D eigenvalue weighted by molar-refractivity contribution is -0.384. The van der Waals surface area contributed by atoms with Gasteiger partial charge in [0.1, 0.15) is 0 Å². The molecule has 0 bridgehead atoms. The minimum atomic E-state index is -0.580. The summed E-state index contributed by atoms with van der Waals surface area (Å²) in [5.74, 6) is -0.580. The number of nitro groups is 1. The van der Waals surface area contributed by atoms with Gasteiger partial charge in [-0.3, -0.25) is 14.9 Å². The Morgan fingerprint density at radius 1 is 1.18 bits per heavy atom. The molecule has 2 N–H and O–H groups in total. The van der Waals surface area contributed by atoms with Crippen LogP contribution in [0.5, 0.6) is 0 Å². The summed E-state index contributed by atoms with van der Waals surface area (Å²) in [6.07, 6.45) is 0.830. The molecule has 0 unspecified atom stereocenters. The van der Waals surface area contributed by atoms with Crippen molar-refractivity contribution in [3.63, 3.8) is 0 Å². The molecule has 6 nitrogen and oxygen atoms in total. The molecule has 112 valence electrons. The first kappa shape index (κ1) is 14.1. The van der Waals surface area contributed by atoms with Crippen molar-refractivity contribution < 1.29 is 9.72 Å². The normalized spacial score (nSPS) is 13.5. The van der Waals surface area contributed by atoms with Crippen LogP contribution in [0.2, 0.25) is 0 Å².